The molecule has 1 aliphatic heterocycles. The van der Waals surface area contributed by atoms with E-state index in [-0.39, 0.29) is 18.0 Å². The molecule has 0 radical (unpaired) electrons. The van der Waals surface area contributed by atoms with Crippen molar-refractivity contribution in [2.75, 3.05) is 31.4 Å². The highest BCUT2D eigenvalue weighted by molar-refractivity contribution is 5.94. The van der Waals surface area contributed by atoms with Crippen LogP contribution in [0.15, 0.2) is 42.5 Å². The summed E-state index contributed by atoms with van der Waals surface area (Å²) in [6.07, 6.45) is 0.903. The number of nitrogens with one attached hydrogen (secondary N) is 2. The number of nitrogens with zero attached hydrogens (tertiary/aromatic N) is 1. The van der Waals surface area contributed by atoms with Crippen LogP contribution in [0.3, 0.4) is 0 Å². The van der Waals surface area contributed by atoms with E-state index in [0.29, 0.717) is 23.7 Å². The van der Waals surface area contributed by atoms with Gasteiger partial charge in [0.05, 0.1) is 25.9 Å². The zero-order valence-corrected chi connectivity index (χ0v) is 15.6. The molecular weight excluding hydrogens is 346 g/mol. The zero-order chi connectivity index (χ0) is 19.4. The van der Waals surface area contributed by atoms with E-state index in [1.807, 2.05) is 24.3 Å². The van der Waals surface area contributed by atoms with Gasteiger partial charge in [-0.1, -0.05) is 12.1 Å². The largest absolute Gasteiger partial charge is 0.497 e. The molecule has 0 spiro atoms. The summed E-state index contributed by atoms with van der Waals surface area (Å²) < 4.78 is 10.5. The van der Waals surface area contributed by atoms with Gasteiger partial charge in [-0.3, -0.25) is 4.79 Å². The third-order valence-electron chi connectivity index (χ3n) is 4.52. The van der Waals surface area contributed by atoms with Crippen LogP contribution >= 0.6 is 0 Å². The first kappa shape index (κ1) is 18.6. The lowest BCUT2D eigenvalue weighted by Crippen LogP contribution is -2.47. The van der Waals surface area contributed by atoms with Gasteiger partial charge in [0.25, 0.3) is 0 Å². The first-order valence-electron chi connectivity index (χ1n) is 8.69. The van der Waals surface area contributed by atoms with Crippen LogP contribution in [0.25, 0.3) is 0 Å². The van der Waals surface area contributed by atoms with Crippen molar-refractivity contribution in [1.29, 1.82) is 0 Å². The second kappa shape index (κ2) is 7.99. The van der Waals surface area contributed by atoms with Gasteiger partial charge in [-0.15, -0.1) is 0 Å². The van der Waals surface area contributed by atoms with Gasteiger partial charge in [-0.2, -0.15) is 0 Å². The molecule has 0 bridgehead atoms. The molecule has 2 aromatic rings. The van der Waals surface area contributed by atoms with Crippen molar-refractivity contribution in [2.45, 2.75) is 19.4 Å². The predicted octanol–water partition coefficient (Wildman–Crippen LogP) is 3.64. The van der Waals surface area contributed by atoms with Gasteiger partial charge in [0.2, 0.25) is 5.91 Å². The summed E-state index contributed by atoms with van der Waals surface area (Å²) in [5.74, 6) is 1.09. The van der Waals surface area contributed by atoms with E-state index in [1.165, 1.54) is 14.0 Å². The molecule has 2 aromatic carbocycles. The summed E-state index contributed by atoms with van der Waals surface area (Å²) in [5, 5.41) is 5.59. The summed E-state index contributed by atoms with van der Waals surface area (Å²) >= 11 is 0. The fourth-order valence-corrected chi connectivity index (χ4v) is 3.09. The summed E-state index contributed by atoms with van der Waals surface area (Å²) in [6, 6.07) is 12.7. The first-order valence-corrected chi connectivity index (χ1v) is 8.69. The van der Waals surface area contributed by atoms with E-state index in [9.17, 15) is 9.59 Å². The molecule has 1 fully saturated rings. The van der Waals surface area contributed by atoms with Gasteiger partial charge in [-0.05, 0) is 42.3 Å². The third-order valence-corrected chi connectivity index (χ3v) is 4.52. The molecule has 2 N–H and O–H groups in total. The molecule has 27 heavy (non-hydrogen) atoms. The molecule has 3 amide bonds. The Bertz CT molecular complexity index is 853. The Morgan fingerprint density at radius 3 is 2.52 bits per heavy atom. The average molecular weight is 369 g/mol. The topological polar surface area (TPSA) is 79.9 Å². The van der Waals surface area contributed by atoms with E-state index in [4.69, 9.17) is 9.47 Å². The Morgan fingerprint density at radius 1 is 1.07 bits per heavy atom. The zero-order valence-electron chi connectivity index (χ0n) is 15.6. The summed E-state index contributed by atoms with van der Waals surface area (Å²) in [6.45, 7) is 2.10. The fraction of sp³-hybridized carbons (Fsp3) is 0.300. The number of hydrogen-bond donors (Lipinski definition) is 2. The second-order valence-electron chi connectivity index (χ2n) is 6.30. The lowest BCUT2D eigenvalue weighted by Gasteiger charge is -2.41. The number of methoxy groups -OCH3 is 2. The Morgan fingerprint density at radius 2 is 1.89 bits per heavy atom. The number of hydrogen-bond acceptors (Lipinski definition) is 4. The molecule has 0 aliphatic carbocycles. The number of carbonyl (C=O) groups excluding carboxylic acids is 2. The summed E-state index contributed by atoms with van der Waals surface area (Å²) in [7, 11) is 3.15. The van der Waals surface area contributed by atoms with E-state index >= 15 is 0 Å². The Balaban J connectivity index is 1.72. The first-order chi connectivity index (χ1) is 13.0. The minimum absolute atomic E-state index is 0.0214. The maximum absolute atomic E-state index is 12.7. The average Bonchev–Trinajstić information content (AvgIpc) is 2.60. The maximum atomic E-state index is 12.7. The SMILES string of the molecule is COc1cccc([C@@H]2CCN2C(=O)Nc2ccc(OC)c(NC(C)=O)c2)c1. The predicted molar refractivity (Wildman–Crippen MR) is 103 cm³/mol. The molecule has 0 aromatic heterocycles. The monoisotopic (exact) mass is 369 g/mol. The van der Waals surface area contributed by atoms with Crippen molar-refractivity contribution in [1.82, 2.24) is 4.90 Å². The Labute approximate surface area is 158 Å². The standard InChI is InChI=1S/C20H23N3O4/c1-13(24)21-17-12-15(7-8-19(17)27-3)22-20(25)23-10-9-18(23)14-5-4-6-16(11-14)26-2/h4-8,11-12,18H,9-10H2,1-3H3,(H,21,24)(H,22,25)/t18-/m0/s1. The quantitative estimate of drug-likeness (QED) is 0.843. The molecule has 1 saturated heterocycles. The number of anilines is 2. The summed E-state index contributed by atoms with van der Waals surface area (Å²) in [5.41, 5.74) is 2.14. The fourth-order valence-electron chi connectivity index (χ4n) is 3.09. The summed E-state index contributed by atoms with van der Waals surface area (Å²) in [4.78, 5) is 25.8. The van der Waals surface area contributed by atoms with Gasteiger partial charge < -0.3 is 25.0 Å². The van der Waals surface area contributed by atoms with E-state index in [2.05, 4.69) is 10.6 Å². The highest BCUT2D eigenvalue weighted by Crippen LogP contribution is 2.35. The van der Waals surface area contributed by atoms with E-state index < -0.39 is 0 Å². The number of benzene rings is 2. The van der Waals surface area contributed by atoms with Crippen molar-refractivity contribution >= 4 is 23.3 Å². The number of amides is 3. The minimum atomic E-state index is -0.211. The molecule has 7 heteroatoms. The lowest BCUT2D eigenvalue weighted by molar-refractivity contribution is -0.114. The molecule has 0 saturated carbocycles. The molecule has 3 rings (SSSR count). The smallest absolute Gasteiger partial charge is 0.322 e. The molecule has 0 unspecified atom stereocenters. The molecule has 1 heterocycles. The molecule has 7 nitrogen and oxygen atoms in total. The van der Waals surface area contributed by atoms with Gasteiger partial charge in [0.1, 0.15) is 11.5 Å². The highest BCUT2D eigenvalue weighted by atomic mass is 16.5. The van der Waals surface area contributed by atoms with Gasteiger partial charge >= 0.3 is 6.03 Å². The van der Waals surface area contributed by atoms with Crippen molar-refractivity contribution < 1.29 is 19.1 Å². The van der Waals surface area contributed by atoms with Crippen LogP contribution < -0.4 is 20.1 Å². The van der Waals surface area contributed by atoms with Crippen LogP contribution in [-0.4, -0.2) is 37.6 Å². The number of carbonyl (C=O) groups is 2. The van der Waals surface area contributed by atoms with Crippen LogP contribution in [0.4, 0.5) is 16.2 Å². The normalized spacial score (nSPS) is 15.5. The highest BCUT2D eigenvalue weighted by Gasteiger charge is 2.33. The van der Waals surface area contributed by atoms with Crippen LogP contribution in [0.2, 0.25) is 0 Å². The van der Waals surface area contributed by atoms with Crippen LogP contribution in [0.1, 0.15) is 24.9 Å². The van der Waals surface area contributed by atoms with E-state index in [1.54, 1.807) is 30.2 Å². The van der Waals surface area contributed by atoms with Crippen LogP contribution in [0, 0.1) is 0 Å². The third kappa shape index (κ3) is 4.13. The lowest BCUT2D eigenvalue weighted by atomic mass is 9.95. The van der Waals surface area contributed by atoms with Gasteiger partial charge in [-0.25, -0.2) is 4.79 Å². The number of ether oxygens (including phenoxy) is 2. The van der Waals surface area contributed by atoms with Gasteiger partial charge in [0, 0.05) is 19.2 Å². The molecule has 1 aliphatic rings. The molecule has 1 atom stereocenters. The Kier molecular flexibility index (Phi) is 5.49. The van der Waals surface area contributed by atoms with Crippen molar-refractivity contribution in [2.24, 2.45) is 0 Å². The van der Waals surface area contributed by atoms with Crippen LogP contribution in [0.5, 0.6) is 11.5 Å². The Hall–Kier alpha value is -3.22. The molecular formula is C20H23N3O4. The van der Waals surface area contributed by atoms with Crippen LogP contribution in [-0.2, 0) is 4.79 Å². The number of likely N-dealkylation sites (tertiary alicyclic amines) is 1. The van der Waals surface area contributed by atoms with Gasteiger partial charge in [0.15, 0.2) is 0 Å². The molecule has 142 valence electrons. The minimum Gasteiger partial charge on any atom is -0.497 e. The van der Waals surface area contributed by atoms with Crippen molar-refractivity contribution in [3.05, 3.63) is 48.0 Å². The number of urea groups is 1. The van der Waals surface area contributed by atoms with Crippen molar-refractivity contribution in [3.8, 4) is 11.5 Å². The van der Waals surface area contributed by atoms with E-state index in [0.717, 1.165) is 17.7 Å². The number of rotatable bonds is 5. The van der Waals surface area contributed by atoms with Crippen molar-refractivity contribution in [3.63, 3.8) is 0 Å². The second-order valence-corrected chi connectivity index (χ2v) is 6.30. The maximum Gasteiger partial charge on any atom is 0.322 e.